The number of aromatic nitrogens is 2. The van der Waals surface area contributed by atoms with E-state index >= 15 is 8.78 Å². The molecule has 210 valence electrons. The van der Waals surface area contributed by atoms with Crippen LogP contribution in [0.3, 0.4) is 0 Å². The molecule has 3 aromatic rings. The van der Waals surface area contributed by atoms with Gasteiger partial charge < -0.3 is 9.47 Å². The van der Waals surface area contributed by atoms with Crippen molar-refractivity contribution in [3.63, 3.8) is 0 Å². The Balaban J connectivity index is 1.61. The van der Waals surface area contributed by atoms with Crippen LogP contribution >= 0.6 is 0 Å². The SMILES string of the molecule is CCCC(C)(C)OC(=O)COc1ccc2c(C)cc(-c3c(F)cc(S(=O)(=O)N4CC[C@H](F)C4)cc3F)nc2n1. The summed E-state index contributed by atoms with van der Waals surface area (Å²) in [7, 11) is -4.27. The van der Waals surface area contributed by atoms with Crippen molar-refractivity contribution in [1.82, 2.24) is 14.3 Å². The highest BCUT2D eigenvalue weighted by atomic mass is 32.2. The first-order valence-corrected chi connectivity index (χ1v) is 14.0. The number of alkyl halides is 1. The molecule has 0 amide bonds. The van der Waals surface area contributed by atoms with E-state index in [0.29, 0.717) is 29.5 Å². The van der Waals surface area contributed by atoms with Gasteiger partial charge in [-0.3, -0.25) is 0 Å². The van der Waals surface area contributed by atoms with E-state index in [-0.39, 0.29) is 43.3 Å². The zero-order valence-electron chi connectivity index (χ0n) is 22.1. The van der Waals surface area contributed by atoms with Crippen LogP contribution in [0.25, 0.3) is 22.3 Å². The van der Waals surface area contributed by atoms with Crippen molar-refractivity contribution in [2.45, 2.75) is 63.6 Å². The van der Waals surface area contributed by atoms with Crippen LogP contribution in [0.1, 0.15) is 45.6 Å². The molecule has 8 nitrogen and oxygen atoms in total. The predicted molar refractivity (Wildman–Crippen MR) is 138 cm³/mol. The summed E-state index contributed by atoms with van der Waals surface area (Å²) in [6.07, 6.45) is 0.242. The number of fused-ring (bicyclic) bond motifs is 1. The Kier molecular flexibility index (Phi) is 8.17. The maximum absolute atomic E-state index is 15.2. The van der Waals surface area contributed by atoms with Crippen molar-refractivity contribution in [2.24, 2.45) is 0 Å². The van der Waals surface area contributed by atoms with Crippen molar-refractivity contribution in [2.75, 3.05) is 19.7 Å². The van der Waals surface area contributed by atoms with Crippen molar-refractivity contribution in [3.05, 3.63) is 47.5 Å². The molecule has 4 rings (SSSR count). The summed E-state index contributed by atoms with van der Waals surface area (Å²) in [5.74, 6) is -2.78. The van der Waals surface area contributed by atoms with Crippen molar-refractivity contribution in [1.29, 1.82) is 0 Å². The van der Waals surface area contributed by atoms with Gasteiger partial charge in [0.25, 0.3) is 0 Å². The van der Waals surface area contributed by atoms with Gasteiger partial charge in [-0.2, -0.15) is 9.29 Å². The molecule has 1 aliphatic heterocycles. The summed E-state index contributed by atoms with van der Waals surface area (Å²) >= 11 is 0. The molecule has 0 bridgehead atoms. The van der Waals surface area contributed by atoms with Crippen LogP contribution < -0.4 is 4.74 Å². The number of carbonyl (C=O) groups excluding carboxylic acids is 1. The maximum Gasteiger partial charge on any atom is 0.344 e. The van der Waals surface area contributed by atoms with Crippen molar-refractivity contribution < 1.29 is 35.9 Å². The average Bonchev–Trinajstić information content (AvgIpc) is 3.29. The quantitative estimate of drug-likeness (QED) is 0.332. The second-order valence-electron chi connectivity index (χ2n) is 10.1. The minimum absolute atomic E-state index is 0.0271. The molecule has 0 saturated carbocycles. The first-order chi connectivity index (χ1) is 18.3. The highest BCUT2D eigenvalue weighted by Crippen LogP contribution is 2.32. The van der Waals surface area contributed by atoms with Gasteiger partial charge in [0, 0.05) is 24.5 Å². The second kappa shape index (κ2) is 11.1. The molecule has 12 heteroatoms. The number of pyridine rings is 2. The molecule has 0 aliphatic carbocycles. The molecular formula is C27H30F3N3O5S. The Labute approximate surface area is 225 Å². The monoisotopic (exact) mass is 565 g/mol. The molecule has 0 radical (unpaired) electrons. The number of carbonyl (C=O) groups is 1. The minimum atomic E-state index is -4.27. The molecule has 1 aliphatic rings. The highest BCUT2D eigenvalue weighted by Gasteiger charge is 2.34. The van der Waals surface area contributed by atoms with Crippen LogP contribution in [0, 0.1) is 18.6 Å². The van der Waals surface area contributed by atoms with Gasteiger partial charge in [0.2, 0.25) is 15.9 Å². The molecule has 1 saturated heterocycles. The molecule has 2 aromatic heterocycles. The van der Waals surface area contributed by atoms with E-state index in [9.17, 15) is 17.6 Å². The molecule has 39 heavy (non-hydrogen) atoms. The first kappa shape index (κ1) is 28.8. The largest absolute Gasteiger partial charge is 0.466 e. The van der Waals surface area contributed by atoms with Crippen LogP contribution in [0.2, 0.25) is 0 Å². The number of hydrogen-bond acceptors (Lipinski definition) is 7. The fourth-order valence-electron chi connectivity index (χ4n) is 4.58. The van der Waals surface area contributed by atoms with Gasteiger partial charge in [0.1, 0.15) is 23.4 Å². The zero-order valence-corrected chi connectivity index (χ0v) is 22.9. The number of nitrogens with zero attached hydrogens (tertiary/aromatic N) is 3. The predicted octanol–water partition coefficient (Wildman–Crippen LogP) is 5.12. The number of ether oxygens (including phenoxy) is 2. The summed E-state index contributed by atoms with van der Waals surface area (Å²) in [5, 5.41) is 0.590. The Morgan fingerprint density at radius 3 is 2.46 bits per heavy atom. The van der Waals surface area contributed by atoms with Gasteiger partial charge in [0.05, 0.1) is 16.2 Å². The number of hydrogen-bond donors (Lipinski definition) is 0. The first-order valence-electron chi connectivity index (χ1n) is 12.6. The topological polar surface area (TPSA) is 98.7 Å². The molecule has 1 atom stereocenters. The number of sulfonamides is 1. The van der Waals surface area contributed by atoms with Crippen LogP contribution in [0.15, 0.2) is 35.2 Å². The van der Waals surface area contributed by atoms with Crippen LogP contribution in [-0.4, -0.2) is 60.1 Å². The summed E-state index contributed by atoms with van der Waals surface area (Å²) in [5.41, 5.74) is -0.541. The van der Waals surface area contributed by atoms with Gasteiger partial charge in [-0.1, -0.05) is 13.3 Å². The lowest BCUT2D eigenvalue weighted by Crippen LogP contribution is -2.30. The lowest BCUT2D eigenvalue weighted by atomic mass is 10.0. The molecule has 0 N–H and O–H groups in total. The van der Waals surface area contributed by atoms with Crippen molar-refractivity contribution in [3.8, 4) is 17.1 Å². The normalized spacial score (nSPS) is 16.5. The third kappa shape index (κ3) is 6.33. The molecular weight excluding hydrogens is 535 g/mol. The summed E-state index contributed by atoms with van der Waals surface area (Å²) in [4.78, 5) is 20.2. The van der Waals surface area contributed by atoms with Crippen LogP contribution in [-0.2, 0) is 19.6 Å². The van der Waals surface area contributed by atoms with Crippen molar-refractivity contribution >= 4 is 27.0 Å². The number of benzene rings is 1. The van der Waals surface area contributed by atoms with E-state index in [1.807, 2.05) is 20.8 Å². The lowest BCUT2D eigenvalue weighted by Gasteiger charge is -2.24. The fraction of sp³-hybridized carbons (Fsp3) is 0.444. The van der Waals surface area contributed by atoms with E-state index in [1.54, 1.807) is 19.1 Å². The number of rotatable bonds is 9. The molecule has 0 unspecified atom stereocenters. The molecule has 0 spiro atoms. The van der Waals surface area contributed by atoms with E-state index < -0.39 is 49.9 Å². The van der Waals surface area contributed by atoms with Gasteiger partial charge in [-0.15, -0.1) is 0 Å². The smallest absolute Gasteiger partial charge is 0.344 e. The third-order valence-corrected chi connectivity index (χ3v) is 8.28. The number of aryl methyl sites for hydroxylation is 1. The molecule has 1 aromatic carbocycles. The number of halogens is 3. The standard InChI is InChI=1S/C27H30F3N3O5S/c1-5-9-27(3,4)38-24(34)15-37-23-7-6-19-16(2)11-22(31-26(19)32-23)25-20(29)12-18(13-21(25)30)39(35,36)33-10-8-17(28)14-33/h6-7,11-13,17H,5,8-10,14-15H2,1-4H3/t17-/m0/s1. The van der Waals surface area contributed by atoms with E-state index in [2.05, 4.69) is 9.97 Å². The Morgan fingerprint density at radius 1 is 1.15 bits per heavy atom. The summed E-state index contributed by atoms with van der Waals surface area (Å²) in [6.45, 7) is 6.50. The van der Waals surface area contributed by atoms with Gasteiger partial charge in [-0.05, 0) is 63.4 Å². The Hall–Kier alpha value is -3.25. The summed E-state index contributed by atoms with van der Waals surface area (Å²) < 4.78 is 81.2. The van der Waals surface area contributed by atoms with Gasteiger partial charge in [-0.25, -0.2) is 31.4 Å². The minimum Gasteiger partial charge on any atom is -0.466 e. The Morgan fingerprint density at radius 2 is 1.85 bits per heavy atom. The van der Waals surface area contributed by atoms with E-state index in [0.717, 1.165) is 10.7 Å². The van der Waals surface area contributed by atoms with Crippen LogP contribution in [0.5, 0.6) is 5.88 Å². The van der Waals surface area contributed by atoms with Gasteiger partial charge in [0.15, 0.2) is 12.3 Å². The summed E-state index contributed by atoms with van der Waals surface area (Å²) in [6, 6.07) is 6.08. The zero-order chi connectivity index (χ0) is 28.5. The van der Waals surface area contributed by atoms with E-state index in [1.165, 1.54) is 6.07 Å². The maximum atomic E-state index is 15.2. The lowest BCUT2D eigenvalue weighted by molar-refractivity contribution is -0.159. The fourth-order valence-corrected chi connectivity index (χ4v) is 6.09. The average molecular weight is 566 g/mol. The molecule has 3 heterocycles. The van der Waals surface area contributed by atoms with Gasteiger partial charge >= 0.3 is 5.97 Å². The Bertz CT molecular complexity index is 1490. The third-order valence-electron chi connectivity index (χ3n) is 6.44. The highest BCUT2D eigenvalue weighted by molar-refractivity contribution is 7.89. The second-order valence-corrected chi connectivity index (χ2v) is 12.1. The number of esters is 1. The van der Waals surface area contributed by atoms with Crippen LogP contribution in [0.4, 0.5) is 13.2 Å². The van der Waals surface area contributed by atoms with E-state index in [4.69, 9.17) is 9.47 Å². The molecule has 1 fully saturated rings.